The summed E-state index contributed by atoms with van der Waals surface area (Å²) in [5.41, 5.74) is 4.81. The molecule has 2 N–H and O–H groups in total. The number of aromatic nitrogens is 2. The summed E-state index contributed by atoms with van der Waals surface area (Å²) in [5, 5.41) is 6.81. The van der Waals surface area contributed by atoms with Gasteiger partial charge in [-0.05, 0) is 49.9 Å². The summed E-state index contributed by atoms with van der Waals surface area (Å²) < 4.78 is 0. The van der Waals surface area contributed by atoms with Gasteiger partial charge in [-0.25, -0.2) is 9.97 Å². The van der Waals surface area contributed by atoms with Crippen LogP contribution in [0, 0.1) is 20.8 Å². The van der Waals surface area contributed by atoms with Crippen LogP contribution in [0.3, 0.4) is 0 Å². The van der Waals surface area contributed by atoms with Crippen molar-refractivity contribution in [1.29, 1.82) is 0 Å². The van der Waals surface area contributed by atoms with Crippen LogP contribution in [0.15, 0.2) is 54.6 Å². The van der Waals surface area contributed by atoms with Crippen LogP contribution >= 0.6 is 0 Å². The van der Waals surface area contributed by atoms with E-state index < -0.39 is 0 Å². The van der Waals surface area contributed by atoms with Crippen molar-refractivity contribution < 1.29 is 0 Å². The maximum absolute atomic E-state index is 4.50. The molecule has 4 heteroatoms. The molecule has 2 aromatic carbocycles. The van der Waals surface area contributed by atoms with E-state index >= 15 is 0 Å². The molecule has 0 radical (unpaired) electrons. The van der Waals surface area contributed by atoms with Gasteiger partial charge in [0.05, 0.1) is 0 Å². The number of hydrogen-bond acceptors (Lipinski definition) is 4. The van der Waals surface area contributed by atoms with Gasteiger partial charge in [-0.2, -0.15) is 0 Å². The Kier molecular flexibility index (Phi) is 5.29. The number of nitrogens with zero attached hydrogens (tertiary/aromatic N) is 2. The molecule has 1 aromatic heterocycles. The molecule has 0 fully saturated rings. The van der Waals surface area contributed by atoms with Crippen LogP contribution in [-0.2, 0) is 6.42 Å². The summed E-state index contributed by atoms with van der Waals surface area (Å²) in [6.45, 7) is 6.93. The average Bonchev–Trinajstić information content (AvgIpc) is 2.59. The van der Waals surface area contributed by atoms with E-state index in [2.05, 4.69) is 76.9 Å². The topological polar surface area (TPSA) is 49.8 Å². The Hall–Kier alpha value is -2.88. The fourth-order valence-corrected chi connectivity index (χ4v) is 2.71. The van der Waals surface area contributed by atoms with Gasteiger partial charge < -0.3 is 10.6 Å². The second-order valence-electron chi connectivity index (χ2n) is 6.29. The second kappa shape index (κ2) is 7.79. The molecule has 0 amide bonds. The molecule has 0 saturated heterocycles. The Balaban J connectivity index is 1.68. The summed E-state index contributed by atoms with van der Waals surface area (Å²) >= 11 is 0. The van der Waals surface area contributed by atoms with Crippen LogP contribution in [0.1, 0.15) is 22.5 Å². The van der Waals surface area contributed by atoms with Gasteiger partial charge in [0.1, 0.15) is 17.5 Å². The molecule has 0 aliphatic carbocycles. The maximum Gasteiger partial charge on any atom is 0.136 e. The second-order valence-corrected chi connectivity index (χ2v) is 6.29. The van der Waals surface area contributed by atoms with Crippen LogP contribution in [-0.4, -0.2) is 16.5 Å². The molecule has 0 bridgehead atoms. The fraction of sp³-hybridized carbons (Fsp3) is 0.238. The fourth-order valence-electron chi connectivity index (χ4n) is 2.71. The molecular formula is C21H24N4. The first-order chi connectivity index (χ1) is 12.1. The van der Waals surface area contributed by atoms with Crippen molar-refractivity contribution in [1.82, 2.24) is 9.97 Å². The lowest BCUT2D eigenvalue weighted by atomic mass is 10.1. The minimum Gasteiger partial charge on any atom is -0.370 e. The van der Waals surface area contributed by atoms with Crippen LogP contribution in [0.4, 0.5) is 17.3 Å². The SMILES string of the molecule is Cc1ccc(C)c(Nc2cc(NCCc3ccccc3)nc(C)n2)c1. The van der Waals surface area contributed by atoms with Gasteiger partial charge in [0.25, 0.3) is 0 Å². The molecule has 0 saturated carbocycles. The smallest absolute Gasteiger partial charge is 0.136 e. The highest BCUT2D eigenvalue weighted by Gasteiger charge is 2.05. The lowest BCUT2D eigenvalue weighted by Crippen LogP contribution is -2.08. The summed E-state index contributed by atoms with van der Waals surface area (Å²) in [6.07, 6.45) is 0.962. The van der Waals surface area contributed by atoms with Crippen LogP contribution in [0.25, 0.3) is 0 Å². The van der Waals surface area contributed by atoms with Crippen LogP contribution in [0.5, 0.6) is 0 Å². The Morgan fingerprint density at radius 2 is 1.60 bits per heavy atom. The molecule has 0 spiro atoms. The summed E-state index contributed by atoms with van der Waals surface area (Å²) in [7, 11) is 0. The van der Waals surface area contributed by atoms with Gasteiger partial charge in [-0.15, -0.1) is 0 Å². The predicted octanol–water partition coefficient (Wildman–Crippen LogP) is 4.80. The lowest BCUT2D eigenvalue weighted by Gasteiger charge is -2.12. The Bertz CT molecular complexity index is 844. The van der Waals surface area contributed by atoms with Crippen molar-refractivity contribution in [2.45, 2.75) is 27.2 Å². The summed E-state index contributed by atoms with van der Waals surface area (Å²) in [5.74, 6) is 2.40. The number of aryl methyl sites for hydroxylation is 3. The highest BCUT2D eigenvalue weighted by atomic mass is 15.1. The molecule has 128 valence electrons. The van der Waals surface area contributed by atoms with E-state index in [9.17, 15) is 0 Å². The first kappa shape index (κ1) is 17.0. The van der Waals surface area contributed by atoms with E-state index in [1.165, 1.54) is 16.7 Å². The predicted molar refractivity (Wildman–Crippen MR) is 105 cm³/mol. The first-order valence-corrected chi connectivity index (χ1v) is 8.58. The Morgan fingerprint density at radius 3 is 2.40 bits per heavy atom. The minimum absolute atomic E-state index is 0.748. The number of benzene rings is 2. The zero-order chi connectivity index (χ0) is 17.6. The van der Waals surface area contributed by atoms with Crippen molar-refractivity contribution in [3.05, 3.63) is 77.1 Å². The zero-order valence-electron chi connectivity index (χ0n) is 15.0. The molecule has 25 heavy (non-hydrogen) atoms. The van der Waals surface area contributed by atoms with Crippen molar-refractivity contribution in [2.75, 3.05) is 17.2 Å². The standard InChI is InChI=1S/C21H24N4/c1-15-9-10-16(2)19(13-15)25-21-14-20(23-17(3)24-21)22-12-11-18-7-5-4-6-8-18/h4-10,13-14H,11-12H2,1-3H3,(H2,22,23,24,25). The Morgan fingerprint density at radius 1 is 0.840 bits per heavy atom. The third-order valence-corrected chi connectivity index (χ3v) is 4.06. The van der Waals surface area contributed by atoms with Crippen molar-refractivity contribution in [3.63, 3.8) is 0 Å². The number of hydrogen-bond donors (Lipinski definition) is 2. The highest BCUT2D eigenvalue weighted by molar-refractivity contribution is 5.63. The average molecular weight is 332 g/mol. The van der Waals surface area contributed by atoms with Gasteiger partial charge in [-0.3, -0.25) is 0 Å². The molecule has 1 heterocycles. The third-order valence-electron chi connectivity index (χ3n) is 4.06. The maximum atomic E-state index is 4.50. The Labute approximate surface area is 149 Å². The van der Waals surface area contributed by atoms with E-state index in [1.807, 2.05) is 19.1 Å². The van der Waals surface area contributed by atoms with Gasteiger partial charge in [0, 0.05) is 18.3 Å². The van der Waals surface area contributed by atoms with E-state index in [1.54, 1.807) is 0 Å². The molecule has 0 atom stereocenters. The first-order valence-electron chi connectivity index (χ1n) is 8.58. The number of rotatable bonds is 6. The van der Waals surface area contributed by atoms with Gasteiger partial charge in [-0.1, -0.05) is 42.5 Å². The van der Waals surface area contributed by atoms with Crippen molar-refractivity contribution in [2.24, 2.45) is 0 Å². The van der Waals surface area contributed by atoms with Gasteiger partial charge in [0.2, 0.25) is 0 Å². The zero-order valence-corrected chi connectivity index (χ0v) is 15.0. The van der Waals surface area contributed by atoms with E-state index in [4.69, 9.17) is 0 Å². The van der Waals surface area contributed by atoms with E-state index in [-0.39, 0.29) is 0 Å². The van der Waals surface area contributed by atoms with Crippen LogP contribution in [0.2, 0.25) is 0 Å². The molecule has 3 rings (SSSR count). The largest absolute Gasteiger partial charge is 0.370 e. The quantitative estimate of drug-likeness (QED) is 0.681. The van der Waals surface area contributed by atoms with E-state index in [0.717, 1.165) is 36.1 Å². The molecule has 4 nitrogen and oxygen atoms in total. The van der Waals surface area contributed by atoms with Crippen molar-refractivity contribution >= 4 is 17.3 Å². The number of nitrogens with one attached hydrogen (secondary N) is 2. The summed E-state index contributed by atoms with van der Waals surface area (Å²) in [4.78, 5) is 8.99. The van der Waals surface area contributed by atoms with Gasteiger partial charge >= 0.3 is 0 Å². The molecule has 0 unspecified atom stereocenters. The molecular weight excluding hydrogens is 308 g/mol. The van der Waals surface area contributed by atoms with E-state index in [0.29, 0.717) is 0 Å². The lowest BCUT2D eigenvalue weighted by molar-refractivity contribution is 0.983. The summed E-state index contributed by atoms with van der Waals surface area (Å²) in [6, 6.07) is 18.8. The molecule has 3 aromatic rings. The number of anilines is 3. The monoisotopic (exact) mass is 332 g/mol. The third kappa shape index (κ3) is 4.80. The highest BCUT2D eigenvalue weighted by Crippen LogP contribution is 2.22. The minimum atomic E-state index is 0.748. The molecule has 0 aliphatic rings. The molecule has 0 aliphatic heterocycles. The normalized spacial score (nSPS) is 10.5. The van der Waals surface area contributed by atoms with Crippen LogP contribution < -0.4 is 10.6 Å². The van der Waals surface area contributed by atoms with Crippen molar-refractivity contribution in [3.8, 4) is 0 Å². The van der Waals surface area contributed by atoms with Gasteiger partial charge in [0.15, 0.2) is 0 Å².